The van der Waals surface area contributed by atoms with Gasteiger partial charge in [-0.15, -0.1) is 0 Å². The molecule has 136 valence electrons. The van der Waals surface area contributed by atoms with E-state index >= 15 is 0 Å². The molecular formula is C14H19ClO9. The maximum atomic E-state index is 11.4. The van der Waals surface area contributed by atoms with Crippen LogP contribution in [0.1, 0.15) is 27.7 Å². The summed E-state index contributed by atoms with van der Waals surface area (Å²) in [6, 6.07) is 0. The number of rotatable bonds is 5. The van der Waals surface area contributed by atoms with Crippen LogP contribution in [0.4, 0.5) is 0 Å². The van der Waals surface area contributed by atoms with Gasteiger partial charge >= 0.3 is 23.9 Å². The minimum Gasteiger partial charge on any atom is -0.463 e. The minimum absolute atomic E-state index is 0.291. The lowest BCUT2D eigenvalue weighted by molar-refractivity contribution is -0.238. The van der Waals surface area contributed by atoms with E-state index in [9.17, 15) is 19.2 Å². The van der Waals surface area contributed by atoms with E-state index in [-0.39, 0.29) is 6.61 Å². The molecule has 0 bridgehead atoms. The molecular weight excluding hydrogens is 348 g/mol. The van der Waals surface area contributed by atoms with Crippen molar-refractivity contribution in [2.75, 3.05) is 6.61 Å². The van der Waals surface area contributed by atoms with Crippen molar-refractivity contribution in [2.24, 2.45) is 0 Å². The molecule has 1 heterocycles. The predicted molar refractivity (Wildman–Crippen MR) is 77.8 cm³/mol. The minimum atomic E-state index is -1.22. The highest BCUT2D eigenvalue weighted by Crippen LogP contribution is 2.30. The number of ether oxygens (including phenoxy) is 5. The highest BCUT2D eigenvalue weighted by Gasteiger charge is 2.51. The summed E-state index contributed by atoms with van der Waals surface area (Å²) in [5.74, 6) is -2.67. The largest absolute Gasteiger partial charge is 0.463 e. The molecule has 0 aromatic heterocycles. The average molecular weight is 367 g/mol. The summed E-state index contributed by atoms with van der Waals surface area (Å²) < 4.78 is 25.6. The molecule has 5 atom stereocenters. The average Bonchev–Trinajstić information content (AvgIpc) is 2.42. The molecule has 0 unspecified atom stereocenters. The molecule has 1 rings (SSSR count). The Balaban J connectivity index is 3.11. The molecule has 10 heteroatoms. The van der Waals surface area contributed by atoms with Crippen LogP contribution in [0.2, 0.25) is 0 Å². The van der Waals surface area contributed by atoms with Crippen LogP contribution in [0.3, 0.4) is 0 Å². The number of halogens is 1. The van der Waals surface area contributed by atoms with Crippen LogP contribution in [0.25, 0.3) is 0 Å². The third-order valence-corrected chi connectivity index (χ3v) is 3.29. The van der Waals surface area contributed by atoms with Gasteiger partial charge in [-0.3, -0.25) is 19.2 Å². The summed E-state index contributed by atoms with van der Waals surface area (Å²) in [6.45, 7) is 4.31. The zero-order valence-corrected chi connectivity index (χ0v) is 14.4. The van der Waals surface area contributed by atoms with Crippen molar-refractivity contribution < 1.29 is 42.9 Å². The van der Waals surface area contributed by atoms with E-state index in [4.69, 9.17) is 35.3 Å². The number of alkyl halides is 1. The molecule has 0 saturated carbocycles. The molecule has 0 aromatic carbocycles. The van der Waals surface area contributed by atoms with Gasteiger partial charge in [0.15, 0.2) is 23.9 Å². The first-order valence-corrected chi connectivity index (χ1v) is 7.50. The SMILES string of the molecule is CC(=O)OC[C@H]1O[C@H](Cl)[C@H](OC(C)=O)[C@@H](OC(C)=O)[C@H]1OC(C)=O. The summed E-state index contributed by atoms with van der Waals surface area (Å²) >= 11 is 6.05. The second-order valence-electron chi connectivity index (χ2n) is 5.05. The Labute approximate surface area is 143 Å². The second kappa shape index (κ2) is 8.84. The van der Waals surface area contributed by atoms with Gasteiger partial charge in [0, 0.05) is 27.7 Å². The Hall–Kier alpha value is -1.87. The molecule has 0 radical (unpaired) electrons. The Morgan fingerprint density at radius 2 is 1.25 bits per heavy atom. The third kappa shape index (κ3) is 5.97. The highest BCUT2D eigenvalue weighted by atomic mass is 35.5. The van der Waals surface area contributed by atoms with Crippen LogP contribution >= 0.6 is 11.6 Å². The van der Waals surface area contributed by atoms with Gasteiger partial charge in [0.2, 0.25) is 0 Å². The number of carbonyl (C=O) groups excluding carboxylic acids is 4. The molecule has 0 aliphatic carbocycles. The van der Waals surface area contributed by atoms with Gasteiger partial charge in [-0.1, -0.05) is 11.6 Å². The molecule has 0 aromatic rings. The van der Waals surface area contributed by atoms with Crippen molar-refractivity contribution in [2.45, 2.75) is 57.7 Å². The van der Waals surface area contributed by atoms with Crippen molar-refractivity contribution in [1.82, 2.24) is 0 Å². The standard InChI is InChI=1S/C14H19ClO9/c1-6(16)20-5-10-11(21-7(2)17)12(22-8(3)18)13(14(15)24-10)23-9(4)19/h10-14H,5H2,1-4H3/t10-,11+,12+,13-,14+/m1/s1. The third-order valence-electron chi connectivity index (χ3n) is 2.93. The van der Waals surface area contributed by atoms with E-state index in [1.54, 1.807) is 0 Å². The van der Waals surface area contributed by atoms with Crippen LogP contribution in [0.15, 0.2) is 0 Å². The maximum absolute atomic E-state index is 11.4. The zero-order chi connectivity index (χ0) is 18.4. The van der Waals surface area contributed by atoms with E-state index in [1.165, 1.54) is 6.92 Å². The van der Waals surface area contributed by atoms with Gasteiger partial charge in [-0.05, 0) is 0 Å². The van der Waals surface area contributed by atoms with E-state index < -0.39 is 53.9 Å². The van der Waals surface area contributed by atoms with Gasteiger partial charge in [-0.2, -0.15) is 0 Å². The maximum Gasteiger partial charge on any atom is 0.303 e. The molecule has 24 heavy (non-hydrogen) atoms. The fourth-order valence-electron chi connectivity index (χ4n) is 2.18. The van der Waals surface area contributed by atoms with Gasteiger partial charge in [-0.25, -0.2) is 0 Å². The van der Waals surface area contributed by atoms with Crippen LogP contribution in [-0.4, -0.2) is 60.5 Å². The van der Waals surface area contributed by atoms with E-state index in [1.807, 2.05) is 0 Å². The Kier molecular flexibility index (Phi) is 7.43. The molecule has 1 fully saturated rings. The topological polar surface area (TPSA) is 114 Å². The Morgan fingerprint density at radius 3 is 1.71 bits per heavy atom. The van der Waals surface area contributed by atoms with Crippen LogP contribution in [-0.2, 0) is 42.9 Å². The number of esters is 4. The molecule has 1 saturated heterocycles. The van der Waals surface area contributed by atoms with Crippen molar-refractivity contribution in [3.63, 3.8) is 0 Å². The second-order valence-corrected chi connectivity index (χ2v) is 5.48. The quantitative estimate of drug-likeness (QED) is 0.385. The predicted octanol–water partition coefficient (Wildman–Crippen LogP) is 0.308. The fourth-order valence-corrected chi connectivity index (χ4v) is 2.50. The van der Waals surface area contributed by atoms with Crippen molar-refractivity contribution >= 4 is 35.5 Å². The first kappa shape index (κ1) is 20.2. The molecule has 1 aliphatic heterocycles. The summed E-state index contributed by atoms with van der Waals surface area (Å²) in [6.07, 6.45) is -4.60. The number of hydrogen-bond acceptors (Lipinski definition) is 9. The highest BCUT2D eigenvalue weighted by molar-refractivity contribution is 6.20. The first-order chi connectivity index (χ1) is 11.1. The summed E-state index contributed by atoms with van der Waals surface area (Å²) in [5.41, 5.74) is -1.20. The lowest BCUT2D eigenvalue weighted by atomic mass is 9.99. The van der Waals surface area contributed by atoms with Crippen molar-refractivity contribution in [3.8, 4) is 0 Å². The normalized spacial score (nSPS) is 29.3. The lowest BCUT2D eigenvalue weighted by Crippen LogP contribution is -2.61. The monoisotopic (exact) mass is 366 g/mol. The van der Waals surface area contributed by atoms with Crippen molar-refractivity contribution in [1.29, 1.82) is 0 Å². The summed E-state index contributed by atoms with van der Waals surface area (Å²) in [5, 5.41) is 0. The lowest BCUT2D eigenvalue weighted by Gasteiger charge is -2.42. The fraction of sp³-hybridized carbons (Fsp3) is 0.714. The van der Waals surface area contributed by atoms with Crippen molar-refractivity contribution in [3.05, 3.63) is 0 Å². The number of carbonyl (C=O) groups is 4. The number of hydrogen-bond donors (Lipinski definition) is 0. The van der Waals surface area contributed by atoms with E-state index in [0.29, 0.717) is 0 Å². The van der Waals surface area contributed by atoms with Gasteiger partial charge in [0.25, 0.3) is 0 Å². The summed E-state index contributed by atoms with van der Waals surface area (Å²) in [4.78, 5) is 45.0. The Morgan fingerprint density at radius 1 is 0.792 bits per heavy atom. The smallest absolute Gasteiger partial charge is 0.303 e. The van der Waals surface area contributed by atoms with Gasteiger partial charge in [0.1, 0.15) is 12.7 Å². The van der Waals surface area contributed by atoms with Crippen LogP contribution in [0, 0.1) is 0 Å². The molecule has 0 N–H and O–H groups in total. The summed E-state index contributed by atoms with van der Waals surface area (Å²) in [7, 11) is 0. The molecule has 0 amide bonds. The van der Waals surface area contributed by atoms with Gasteiger partial charge < -0.3 is 23.7 Å². The molecule has 1 aliphatic rings. The van der Waals surface area contributed by atoms with E-state index in [2.05, 4.69) is 0 Å². The van der Waals surface area contributed by atoms with Crippen LogP contribution in [0.5, 0.6) is 0 Å². The van der Waals surface area contributed by atoms with Gasteiger partial charge in [0.05, 0.1) is 0 Å². The molecule has 0 spiro atoms. The van der Waals surface area contributed by atoms with E-state index in [0.717, 1.165) is 20.8 Å². The first-order valence-electron chi connectivity index (χ1n) is 7.06. The molecule has 9 nitrogen and oxygen atoms in total. The Bertz CT molecular complexity index is 506. The van der Waals surface area contributed by atoms with Crippen LogP contribution < -0.4 is 0 Å². The zero-order valence-electron chi connectivity index (χ0n) is 13.6.